The van der Waals surface area contributed by atoms with Crippen molar-refractivity contribution in [3.05, 3.63) is 59.8 Å². The van der Waals surface area contributed by atoms with E-state index in [1.54, 1.807) is 7.11 Å². The van der Waals surface area contributed by atoms with Crippen LogP contribution in [0.4, 0.5) is 5.69 Å². The van der Waals surface area contributed by atoms with Crippen molar-refractivity contribution in [1.29, 1.82) is 5.26 Å². The molecule has 4 nitrogen and oxygen atoms in total. The fourth-order valence-electron chi connectivity index (χ4n) is 2.54. The van der Waals surface area contributed by atoms with Crippen LogP contribution in [0.1, 0.15) is 11.1 Å². The zero-order valence-corrected chi connectivity index (χ0v) is 11.7. The molecule has 0 atom stereocenters. The summed E-state index contributed by atoms with van der Waals surface area (Å²) in [5.74, 6) is 0.683. The molecule has 3 rings (SSSR count). The number of hydrogen-bond acceptors (Lipinski definition) is 3. The van der Waals surface area contributed by atoms with Crippen molar-refractivity contribution in [2.45, 2.75) is 6.54 Å². The predicted octanol–water partition coefficient (Wildman–Crippen LogP) is 3.15. The lowest BCUT2D eigenvalue weighted by Gasteiger charge is -2.09. The van der Waals surface area contributed by atoms with Crippen LogP contribution in [0, 0.1) is 11.3 Å². The molecule has 0 saturated heterocycles. The highest BCUT2D eigenvalue weighted by Crippen LogP contribution is 2.24. The number of ether oxygens (including phenoxy) is 1. The molecule has 21 heavy (non-hydrogen) atoms. The SMILES string of the molecule is COc1ccc(Cn2ccc3c(C#N)cccc32)cc1N. The fourth-order valence-corrected chi connectivity index (χ4v) is 2.54. The second kappa shape index (κ2) is 5.22. The number of fused-ring (bicyclic) bond motifs is 1. The first kappa shape index (κ1) is 13.1. The monoisotopic (exact) mass is 277 g/mol. The topological polar surface area (TPSA) is 64.0 Å². The summed E-state index contributed by atoms with van der Waals surface area (Å²) in [7, 11) is 1.61. The summed E-state index contributed by atoms with van der Waals surface area (Å²) in [5, 5.41) is 10.1. The molecular weight excluding hydrogens is 262 g/mol. The molecule has 3 aromatic rings. The van der Waals surface area contributed by atoms with Crippen LogP contribution in [0.15, 0.2) is 48.7 Å². The summed E-state index contributed by atoms with van der Waals surface area (Å²) in [6.45, 7) is 0.701. The number of hydrogen-bond donors (Lipinski definition) is 1. The summed E-state index contributed by atoms with van der Waals surface area (Å²) in [5.41, 5.74) is 9.40. The number of methoxy groups -OCH3 is 1. The Morgan fingerprint density at radius 1 is 1.24 bits per heavy atom. The van der Waals surface area contributed by atoms with Crippen LogP contribution >= 0.6 is 0 Å². The molecule has 0 fully saturated rings. The van der Waals surface area contributed by atoms with Gasteiger partial charge in [-0.05, 0) is 35.9 Å². The molecule has 4 heteroatoms. The summed E-state index contributed by atoms with van der Waals surface area (Å²) in [4.78, 5) is 0. The number of nitrogen functional groups attached to an aromatic ring is 1. The first-order valence-electron chi connectivity index (χ1n) is 6.63. The highest BCUT2D eigenvalue weighted by molar-refractivity contribution is 5.86. The van der Waals surface area contributed by atoms with Crippen molar-refractivity contribution in [3.8, 4) is 11.8 Å². The van der Waals surface area contributed by atoms with Gasteiger partial charge in [0.15, 0.2) is 0 Å². The van der Waals surface area contributed by atoms with Crippen LogP contribution in [-0.4, -0.2) is 11.7 Å². The summed E-state index contributed by atoms with van der Waals surface area (Å²) in [6, 6.07) is 15.7. The number of aromatic nitrogens is 1. The highest BCUT2D eigenvalue weighted by Gasteiger charge is 2.07. The predicted molar refractivity (Wildman–Crippen MR) is 83.2 cm³/mol. The van der Waals surface area contributed by atoms with Crippen molar-refractivity contribution in [2.24, 2.45) is 0 Å². The van der Waals surface area contributed by atoms with E-state index in [-0.39, 0.29) is 0 Å². The van der Waals surface area contributed by atoms with Crippen molar-refractivity contribution in [3.63, 3.8) is 0 Å². The third kappa shape index (κ3) is 2.30. The van der Waals surface area contributed by atoms with Gasteiger partial charge in [-0.15, -0.1) is 0 Å². The lowest BCUT2D eigenvalue weighted by atomic mass is 10.1. The van der Waals surface area contributed by atoms with Crippen LogP contribution in [0.25, 0.3) is 10.9 Å². The Morgan fingerprint density at radius 3 is 2.81 bits per heavy atom. The molecule has 0 aliphatic rings. The first-order valence-corrected chi connectivity index (χ1v) is 6.63. The van der Waals surface area contributed by atoms with Crippen LogP contribution < -0.4 is 10.5 Å². The average molecular weight is 277 g/mol. The summed E-state index contributed by atoms with van der Waals surface area (Å²) < 4.78 is 7.28. The third-order valence-corrected chi connectivity index (χ3v) is 3.58. The Labute approximate surface area is 123 Å². The Kier molecular flexibility index (Phi) is 3.25. The van der Waals surface area contributed by atoms with Gasteiger partial charge in [0.05, 0.1) is 24.4 Å². The van der Waals surface area contributed by atoms with E-state index in [4.69, 9.17) is 15.7 Å². The lowest BCUT2D eigenvalue weighted by molar-refractivity contribution is 0.417. The van der Waals surface area contributed by atoms with Gasteiger partial charge in [0, 0.05) is 23.6 Å². The maximum Gasteiger partial charge on any atom is 0.141 e. The molecule has 104 valence electrons. The maximum absolute atomic E-state index is 9.14. The number of nitrogens with zero attached hydrogens (tertiary/aromatic N) is 2. The van der Waals surface area contributed by atoms with Crippen molar-refractivity contribution >= 4 is 16.6 Å². The fraction of sp³-hybridized carbons (Fsp3) is 0.118. The van der Waals surface area contributed by atoms with E-state index in [0.29, 0.717) is 23.5 Å². The Morgan fingerprint density at radius 2 is 2.10 bits per heavy atom. The van der Waals surface area contributed by atoms with Gasteiger partial charge in [0.1, 0.15) is 5.75 Å². The third-order valence-electron chi connectivity index (χ3n) is 3.58. The molecule has 1 heterocycles. The molecule has 0 aliphatic carbocycles. The van der Waals surface area contributed by atoms with Gasteiger partial charge in [-0.3, -0.25) is 0 Å². The van der Waals surface area contributed by atoms with E-state index < -0.39 is 0 Å². The molecular formula is C17H15N3O. The molecule has 0 bridgehead atoms. The van der Waals surface area contributed by atoms with E-state index in [1.807, 2.05) is 48.7 Å². The lowest BCUT2D eigenvalue weighted by Crippen LogP contribution is -2.00. The van der Waals surface area contributed by atoms with E-state index in [0.717, 1.165) is 16.5 Å². The number of nitriles is 1. The van der Waals surface area contributed by atoms with Crippen molar-refractivity contribution in [1.82, 2.24) is 4.57 Å². The normalized spacial score (nSPS) is 10.5. The van der Waals surface area contributed by atoms with Crippen LogP contribution in [-0.2, 0) is 6.54 Å². The quantitative estimate of drug-likeness (QED) is 0.748. The van der Waals surface area contributed by atoms with Gasteiger partial charge in [-0.25, -0.2) is 0 Å². The van der Waals surface area contributed by atoms with E-state index in [1.165, 1.54) is 0 Å². The summed E-state index contributed by atoms with van der Waals surface area (Å²) in [6.07, 6.45) is 1.99. The molecule has 0 amide bonds. The smallest absolute Gasteiger partial charge is 0.141 e. The molecule has 0 aliphatic heterocycles. The first-order chi connectivity index (χ1) is 10.2. The van der Waals surface area contributed by atoms with Gasteiger partial charge in [-0.2, -0.15) is 5.26 Å². The molecule has 1 aromatic heterocycles. The van der Waals surface area contributed by atoms with Gasteiger partial charge in [-0.1, -0.05) is 12.1 Å². The van der Waals surface area contributed by atoms with Crippen molar-refractivity contribution < 1.29 is 4.74 Å². The second-order valence-electron chi connectivity index (χ2n) is 4.87. The van der Waals surface area contributed by atoms with Crippen LogP contribution in [0.5, 0.6) is 5.75 Å². The average Bonchev–Trinajstić information content (AvgIpc) is 2.91. The molecule has 0 spiro atoms. The highest BCUT2D eigenvalue weighted by atomic mass is 16.5. The minimum atomic E-state index is 0.629. The molecule has 2 aromatic carbocycles. The van der Waals surface area contributed by atoms with E-state index >= 15 is 0 Å². The van der Waals surface area contributed by atoms with E-state index in [9.17, 15) is 0 Å². The minimum Gasteiger partial charge on any atom is -0.495 e. The number of nitrogens with two attached hydrogens (primary N) is 1. The van der Waals surface area contributed by atoms with Crippen LogP contribution in [0.2, 0.25) is 0 Å². The zero-order chi connectivity index (χ0) is 14.8. The van der Waals surface area contributed by atoms with Crippen molar-refractivity contribution in [2.75, 3.05) is 12.8 Å². The molecule has 0 unspecified atom stereocenters. The van der Waals surface area contributed by atoms with Gasteiger partial charge in [0.25, 0.3) is 0 Å². The van der Waals surface area contributed by atoms with Gasteiger partial charge in [0.2, 0.25) is 0 Å². The zero-order valence-electron chi connectivity index (χ0n) is 11.7. The van der Waals surface area contributed by atoms with E-state index in [2.05, 4.69) is 10.6 Å². The van der Waals surface area contributed by atoms with Crippen LogP contribution in [0.3, 0.4) is 0 Å². The molecule has 0 radical (unpaired) electrons. The Hall–Kier alpha value is -2.93. The summed E-state index contributed by atoms with van der Waals surface area (Å²) >= 11 is 0. The molecule has 2 N–H and O–H groups in total. The second-order valence-corrected chi connectivity index (χ2v) is 4.87. The Bertz CT molecular complexity index is 843. The number of rotatable bonds is 3. The van der Waals surface area contributed by atoms with Gasteiger partial charge < -0.3 is 15.0 Å². The molecule has 0 saturated carbocycles. The van der Waals surface area contributed by atoms with Gasteiger partial charge >= 0.3 is 0 Å². The number of benzene rings is 2. The minimum absolute atomic E-state index is 0.629. The number of anilines is 1. The standard InChI is InChI=1S/C17H15N3O/c1-21-17-6-5-12(9-15(17)19)11-20-8-7-14-13(10-18)3-2-4-16(14)20/h2-9H,11,19H2,1H3. The Balaban J connectivity index is 1.99. The largest absolute Gasteiger partial charge is 0.495 e. The maximum atomic E-state index is 9.14.